The number of nitrogens with zero attached hydrogens (tertiary/aromatic N) is 7. The Morgan fingerprint density at radius 3 is 2.45 bits per heavy atom. The van der Waals surface area contributed by atoms with E-state index in [4.69, 9.17) is 0 Å². The standard InChI is InChI=1S/C21H25FN8.HI/c1-23-20(28-13-15-29(16-14-28)21-24-9-2-10-25-21)26-11-7-18-8-12-30(27-18)19-5-3-17(22)4-6-19;/h2-6,8-10,12H,7,11,13-16H2,1H3,(H,23,26);1H. The third-order valence-electron chi connectivity index (χ3n) is 5.03. The van der Waals surface area contributed by atoms with Crippen LogP contribution in [-0.2, 0) is 6.42 Å². The number of nitrogens with one attached hydrogen (secondary N) is 1. The van der Waals surface area contributed by atoms with Crippen LogP contribution >= 0.6 is 24.0 Å². The van der Waals surface area contributed by atoms with Crippen LogP contribution in [0.1, 0.15) is 5.69 Å². The summed E-state index contributed by atoms with van der Waals surface area (Å²) < 4.78 is 14.8. The highest BCUT2D eigenvalue weighted by molar-refractivity contribution is 14.0. The second-order valence-corrected chi connectivity index (χ2v) is 6.97. The van der Waals surface area contributed by atoms with E-state index in [1.54, 1.807) is 36.3 Å². The molecule has 1 aliphatic rings. The molecule has 3 aromatic rings. The van der Waals surface area contributed by atoms with Crippen LogP contribution in [0.15, 0.2) is 60.0 Å². The lowest BCUT2D eigenvalue weighted by Crippen LogP contribution is -2.53. The number of aromatic nitrogens is 4. The molecule has 1 aromatic carbocycles. The fourth-order valence-electron chi connectivity index (χ4n) is 3.44. The van der Waals surface area contributed by atoms with Gasteiger partial charge in [-0.3, -0.25) is 4.99 Å². The van der Waals surface area contributed by atoms with Gasteiger partial charge in [0, 0.05) is 64.8 Å². The van der Waals surface area contributed by atoms with E-state index in [0.717, 1.165) is 62.4 Å². The van der Waals surface area contributed by atoms with E-state index in [9.17, 15) is 4.39 Å². The van der Waals surface area contributed by atoms with Gasteiger partial charge in [-0.25, -0.2) is 19.0 Å². The van der Waals surface area contributed by atoms with Crippen molar-refractivity contribution in [1.82, 2.24) is 30.0 Å². The molecule has 8 nitrogen and oxygen atoms in total. The van der Waals surface area contributed by atoms with Gasteiger partial charge in [0.05, 0.1) is 11.4 Å². The van der Waals surface area contributed by atoms with Crippen molar-refractivity contribution >= 4 is 35.9 Å². The first kappa shape index (κ1) is 22.9. The van der Waals surface area contributed by atoms with Gasteiger partial charge in [0.2, 0.25) is 5.95 Å². The minimum atomic E-state index is -0.251. The predicted octanol–water partition coefficient (Wildman–Crippen LogP) is 2.36. The average molecular weight is 536 g/mol. The third kappa shape index (κ3) is 5.90. The normalized spacial score (nSPS) is 14.3. The summed E-state index contributed by atoms with van der Waals surface area (Å²) in [5, 5.41) is 8.00. The number of benzene rings is 1. The van der Waals surface area contributed by atoms with Crippen LogP contribution in [0.3, 0.4) is 0 Å². The number of halogens is 2. The summed E-state index contributed by atoms with van der Waals surface area (Å²) in [6.07, 6.45) is 6.20. The second kappa shape index (κ2) is 11.0. The van der Waals surface area contributed by atoms with Crippen LogP contribution < -0.4 is 10.2 Å². The van der Waals surface area contributed by atoms with Crippen molar-refractivity contribution in [2.24, 2.45) is 4.99 Å². The molecule has 2 aromatic heterocycles. The molecular formula is C21H26FIN8. The van der Waals surface area contributed by atoms with Crippen molar-refractivity contribution in [3.63, 3.8) is 0 Å². The first-order valence-corrected chi connectivity index (χ1v) is 10.0. The Morgan fingerprint density at radius 1 is 1.06 bits per heavy atom. The van der Waals surface area contributed by atoms with Gasteiger partial charge in [0.1, 0.15) is 5.82 Å². The number of aliphatic imine (C=N–C) groups is 1. The molecule has 164 valence electrons. The molecule has 0 saturated carbocycles. The predicted molar refractivity (Wildman–Crippen MR) is 130 cm³/mol. The summed E-state index contributed by atoms with van der Waals surface area (Å²) in [5.41, 5.74) is 1.81. The Balaban J connectivity index is 0.00000272. The molecule has 0 radical (unpaired) electrons. The Labute approximate surface area is 198 Å². The smallest absolute Gasteiger partial charge is 0.225 e. The molecule has 1 saturated heterocycles. The minimum Gasteiger partial charge on any atom is -0.356 e. The molecule has 0 unspecified atom stereocenters. The summed E-state index contributed by atoms with van der Waals surface area (Å²) >= 11 is 0. The van der Waals surface area contributed by atoms with E-state index in [-0.39, 0.29) is 29.8 Å². The number of piperazine rings is 1. The quantitative estimate of drug-likeness (QED) is 0.307. The lowest BCUT2D eigenvalue weighted by molar-refractivity contribution is 0.370. The summed E-state index contributed by atoms with van der Waals surface area (Å²) in [6.45, 7) is 4.16. The van der Waals surface area contributed by atoms with Gasteiger partial charge in [-0.2, -0.15) is 5.10 Å². The highest BCUT2D eigenvalue weighted by atomic mass is 127. The van der Waals surface area contributed by atoms with Crippen LogP contribution in [0.5, 0.6) is 0 Å². The molecule has 0 amide bonds. The van der Waals surface area contributed by atoms with Crippen molar-refractivity contribution in [2.75, 3.05) is 44.7 Å². The van der Waals surface area contributed by atoms with Gasteiger partial charge in [-0.1, -0.05) is 0 Å². The Morgan fingerprint density at radius 2 is 1.77 bits per heavy atom. The zero-order valence-electron chi connectivity index (χ0n) is 17.4. The maximum atomic E-state index is 13.1. The van der Waals surface area contributed by atoms with E-state index in [1.165, 1.54) is 12.1 Å². The van der Waals surface area contributed by atoms with E-state index >= 15 is 0 Å². The molecule has 1 fully saturated rings. The van der Waals surface area contributed by atoms with Crippen LogP contribution in [0.25, 0.3) is 5.69 Å². The van der Waals surface area contributed by atoms with Crippen molar-refractivity contribution in [1.29, 1.82) is 0 Å². The highest BCUT2D eigenvalue weighted by Gasteiger charge is 2.20. The highest BCUT2D eigenvalue weighted by Crippen LogP contribution is 2.11. The van der Waals surface area contributed by atoms with Gasteiger partial charge in [0.15, 0.2) is 5.96 Å². The molecule has 0 bridgehead atoms. The van der Waals surface area contributed by atoms with Crippen molar-refractivity contribution in [3.8, 4) is 5.69 Å². The number of hydrogen-bond donors (Lipinski definition) is 1. The maximum Gasteiger partial charge on any atom is 0.225 e. The van der Waals surface area contributed by atoms with Crippen LogP contribution in [0.2, 0.25) is 0 Å². The van der Waals surface area contributed by atoms with Crippen LogP contribution in [0.4, 0.5) is 10.3 Å². The maximum absolute atomic E-state index is 13.1. The molecular weight excluding hydrogens is 510 g/mol. The zero-order chi connectivity index (χ0) is 20.8. The molecule has 10 heteroatoms. The van der Waals surface area contributed by atoms with E-state index in [0.29, 0.717) is 0 Å². The Kier molecular flexibility index (Phi) is 8.15. The first-order valence-electron chi connectivity index (χ1n) is 10.0. The van der Waals surface area contributed by atoms with Gasteiger partial charge in [0.25, 0.3) is 0 Å². The number of guanidine groups is 1. The Hall–Kier alpha value is -2.76. The summed E-state index contributed by atoms with van der Waals surface area (Å²) in [4.78, 5) is 17.5. The summed E-state index contributed by atoms with van der Waals surface area (Å²) in [5.74, 6) is 1.41. The van der Waals surface area contributed by atoms with Crippen molar-refractivity contribution in [3.05, 3.63) is 66.5 Å². The fourth-order valence-corrected chi connectivity index (χ4v) is 3.44. The van der Waals surface area contributed by atoms with Gasteiger partial charge in [-0.05, 0) is 36.4 Å². The zero-order valence-corrected chi connectivity index (χ0v) is 19.7. The summed E-state index contributed by atoms with van der Waals surface area (Å²) in [7, 11) is 1.80. The molecule has 1 aliphatic heterocycles. The molecule has 1 N–H and O–H groups in total. The molecule has 0 spiro atoms. The molecule has 31 heavy (non-hydrogen) atoms. The van der Waals surface area contributed by atoms with Crippen molar-refractivity contribution in [2.45, 2.75) is 6.42 Å². The van der Waals surface area contributed by atoms with E-state index in [2.05, 4.69) is 35.2 Å². The fraction of sp³-hybridized carbons (Fsp3) is 0.333. The third-order valence-corrected chi connectivity index (χ3v) is 5.03. The number of hydrogen-bond acceptors (Lipinski definition) is 5. The van der Waals surface area contributed by atoms with Gasteiger partial charge < -0.3 is 15.1 Å². The van der Waals surface area contributed by atoms with E-state index < -0.39 is 0 Å². The monoisotopic (exact) mass is 536 g/mol. The van der Waals surface area contributed by atoms with Gasteiger partial charge in [-0.15, -0.1) is 24.0 Å². The van der Waals surface area contributed by atoms with Crippen LogP contribution in [0, 0.1) is 5.82 Å². The molecule has 4 rings (SSSR count). The largest absolute Gasteiger partial charge is 0.356 e. The average Bonchev–Trinajstić information content (AvgIpc) is 3.27. The van der Waals surface area contributed by atoms with Crippen LogP contribution in [-0.4, -0.2) is 70.4 Å². The molecule has 0 aliphatic carbocycles. The number of anilines is 1. The van der Waals surface area contributed by atoms with Crippen molar-refractivity contribution < 1.29 is 4.39 Å². The molecule has 3 heterocycles. The van der Waals surface area contributed by atoms with E-state index in [1.807, 2.05) is 18.3 Å². The molecule has 0 atom stereocenters. The Bertz CT molecular complexity index is 969. The summed E-state index contributed by atoms with van der Waals surface area (Å²) in [6, 6.07) is 10.1. The first-order chi connectivity index (χ1) is 14.7. The topological polar surface area (TPSA) is 74.5 Å². The lowest BCUT2D eigenvalue weighted by atomic mass is 10.3. The SMILES string of the molecule is CN=C(NCCc1ccn(-c2ccc(F)cc2)n1)N1CCN(c2ncccn2)CC1.I. The minimum absolute atomic E-state index is 0. The number of rotatable bonds is 5. The second-order valence-electron chi connectivity index (χ2n) is 6.97. The lowest BCUT2D eigenvalue weighted by Gasteiger charge is -2.36. The van der Waals surface area contributed by atoms with Gasteiger partial charge >= 0.3 is 0 Å².